The third-order valence-electron chi connectivity index (χ3n) is 8.28. The predicted molar refractivity (Wildman–Crippen MR) is 166 cm³/mol. The van der Waals surface area contributed by atoms with Gasteiger partial charge < -0.3 is 25.8 Å². The number of carbonyl (C=O) groups is 1. The Morgan fingerprint density at radius 1 is 1.05 bits per heavy atom. The van der Waals surface area contributed by atoms with Gasteiger partial charge in [0.05, 0.1) is 20.9 Å². The molecule has 10 nitrogen and oxygen atoms in total. The van der Waals surface area contributed by atoms with Crippen molar-refractivity contribution in [3.05, 3.63) is 72.0 Å². The van der Waals surface area contributed by atoms with E-state index in [1.165, 1.54) is 30.3 Å². The van der Waals surface area contributed by atoms with Crippen LogP contribution in [-0.2, 0) is 9.84 Å². The maximum absolute atomic E-state index is 13.8. The van der Waals surface area contributed by atoms with Crippen molar-refractivity contribution in [2.45, 2.75) is 22.6 Å². The van der Waals surface area contributed by atoms with Crippen LogP contribution >= 0.6 is 0 Å². The molecule has 226 valence electrons. The molecule has 4 N–H and O–H groups in total. The molecule has 1 atom stereocenters. The van der Waals surface area contributed by atoms with Gasteiger partial charge in [0.1, 0.15) is 5.82 Å². The number of hydrogen-bond acceptors (Lipinski definition) is 8. The molecule has 2 aliphatic heterocycles. The Bertz CT molecular complexity index is 1730. The highest BCUT2D eigenvalue weighted by Crippen LogP contribution is 2.30. The average molecular weight is 606 g/mol. The number of piperidine rings is 1. The minimum atomic E-state index is -3.99. The van der Waals surface area contributed by atoms with Crippen LogP contribution < -0.4 is 20.9 Å². The summed E-state index contributed by atoms with van der Waals surface area (Å²) in [6.45, 7) is 6.48. The normalized spacial score (nSPS) is 18.1. The molecule has 4 aromatic rings. The molecule has 0 radical (unpaired) electrons. The third-order valence-corrected chi connectivity index (χ3v) is 10.0. The van der Waals surface area contributed by atoms with E-state index in [1.807, 2.05) is 18.2 Å². The first-order valence-corrected chi connectivity index (χ1v) is 16.1. The van der Waals surface area contributed by atoms with E-state index >= 15 is 0 Å². The van der Waals surface area contributed by atoms with E-state index in [1.54, 1.807) is 6.07 Å². The van der Waals surface area contributed by atoms with Crippen molar-refractivity contribution in [1.82, 2.24) is 20.4 Å². The minimum Gasteiger partial charge on any atom is -0.384 e. The quantitative estimate of drug-likeness (QED) is 0.238. The lowest BCUT2D eigenvalue weighted by atomic mass is 9.99. The summed E-state index contributed by atoms with van der Waals surface area (Å²) in [5, 5.41) is 17.4. The molecule has 1 unspecified atom stereocenters. The van der Waals surface area contributed by atoms with Crippen LogP contribution in [0.25, 0.3) is 10.9 Å². The molecule has 12 heteroatoms. The molecule has 0 saturated carbocycles. The van der Waals surface area contributed by atoms with Crippen molar-refractivity contribution in [3.8, 4) is 0 Å². The summed E-state index contributed by atoms with van der Waals surface area (Å²) in [5.41, 5.74) is 2.84. The number of hydrogen-bond donors (Lipinski definition) is 4. The Morgan fingerprint density at radius 2 is 1.86 bits per heavy atom. The molecular weight excluding hydrogens is 569 g/mol. The zero-order chi connectivity index (χ0) is 30.0. The molecule has 2 aliphatic rings. The highest BCUT2D eigenvalue weighted by molar-refractivity contribution is 7.91. The number of aromatic nitrogens is 2. The summed E-state index contributed by atoms with van der Waals surface area (Å²) in [6, 6.07) is 15.2. The first-order chi connectivity index (χ1) is 20.8. The standard InChI is InChI=1S/C31H36FN7O3S/c1-38-12-14-39(15-13-38)23-7-9-26(29(17-23)34-20-21-4-3-11-33-19-21)31(40)35-30-27-18-25(8-10-28(27)36-37-30)43(41,42)24-6-2-5-22(32)16-24/h2,5-10,16-18,21,33-34H,3-4,11-15,19-20H2,1H3,(H2,35,36,37,40). The van der Waals surface area contributed by atoms with Crippen LogP contribution in [0.4, 0.5) is 21.6 Å². The average Bonchev–Trinajstić information content (AvgIpc) is 3.42. The fourth-order valence-corrected chi connectivity index (χ4v) is 7.01. The lowest BCUT2D eigenvalue weighted by Gasteiger charge is -2.34. The van der Waals surface area contributed by atoms with Crippen molar-refractivity contribution in [1.29, 1.82) is 0 Å². The van der Waals surface area contributed by atoms with Crippen LogP contribution in [-0.4, -0.2) is 82.3 Å². The van der Waals surface area contributed by atoms with Gasteiger partial charge in [-0.2, -0.15) is 5.10 Å². The molecular formula is C31H36FN7O3S. The topological polar surface area (TPSA) is 122 Å². The van der Waals surface area contributed by atoms with Gasteiger partial charge in [-0.3, -0.25) is 9.89 Å². The van der Waals surface area contributed by atoms with Gasteiger partial charge in [-0.05, 0) is 93.5 Å². The molecule has 0 aliphatic carbocycles. The SMILES string of the molecule is CN1CCN(c2ccc(C(=O)Nc3n[nH]c4ccc(S(=O)(=O)c5cccc(F)c5)cc34)c(NCC3CCCNC3)c2)CC1. The first kappa shape index (κ1) is 29.1. The second-order valence-corrected chi connectivity index (χ2v) is 13.3. The molecule has 2 fully saturated rings. The van der Waals surface area contributed by atoms with Crippen molar-refractivity contribution >= 4 is 43.8 Å². The summed E-state index contributed by atoms with van der Waals surface area (Å²) >= 11 is 0. The maximum Gasteiger partial charge on any atom is 0.258 e. The number of likely N-dealkylation sites (N-methyl/N-ethyl adjacent to an activating group) is 1. The van der Waals surface area contributed by atoms with E-state index in [-0.39, 0.29) is 21.5 Å². The minimum absolute atomic E-state index is 0.0255. The molecule has 6 rings (SSSR count). The number of rotatable bonds is 8. The number of fused-ring (bicyclic) bond motifs is 1. The van der Waals surface area contributed by atoms with Crippen molar-refractivity contribution in [2.24, 2.45) is 5.92 Å². The summed E-state index contributed by atoms with van der Waals surface area (Å²) in [7, 11) is -1.87. The molecule has 2 saturated heterocycles. The van der Waals surface area contributed by atoms with E-state index in [4.69, 9.17) is 0 Å². The number of nitrogens with one attached hydrogen (secondary N) is 4. The van der Waals surface area contributed by atoms with Crippen molar-refractivity contribution in [3.63, 3.8) is 0 Å². The summed E-state index contributed by atoms with van der Waals surface area (Å²) in [6.07, 6.45) is 2.25. The molecule has 0 spiro atoms. The van der Waals surface area contributed by atoms with Gasteiger partial charge in [0, 0.05) is 49.5 Å². The second-order valence-electron chi connectivity index (χ2n) is 11.3. The number of aromatic amines is 1. The van der Waals surface area contributed by atoms with E-state index in [9.17, 15) is 17.6 Å². The number of sulfone groups is 1. The van der Waals surface area contributed by atoms with Gasteiger partial charge in [0.25, 0.3) is 5.91 Å². The summed E-state index contributed by atoms with van der Waals surface area (Å²) in [4.78, 5) is 18.2. The monoisotopic (exact) mass is 605 g/mol. The van der Waals surface area contributed by atoms with E-state index < -0.39 is 15.7 Å². The smallest absolute Gasteiger partial charge is 0.258 e. The Kier molecular flexibility index (Phi) is 8.33. The zero-order valence-corrected chi connectivity index (χ0v) is 24.9. The molecule has 1 amide bonds. The lowest BCUT2D eigenvalue weighted by Crippen LogP contribution is -2.44. The zero-order valence-electron chi connectivity index (χ0n) is 24.1. The van der Waals surface area contributed by atoms with Crippen LogP contribution in [0.2, 0.25) is 0 Å². The summed E-state index contributed by atoms with van der Waals surface area (Å²) in [5.74, 6) is -0.324. The molecule has 1 aromatic heterocycles. The van der Waals surface area contributed by atoms with E-state index in [0.717, 1.165) is 76.1 Å². The van der Waals surface area contributed by atoms with Gasteiger partial charge in [-0.15, -0.1) is 0 Å². The molecule has 3 heterocycles. The fraction of sp³-hybridized carbons (Fsp3) is 0.355. The van der Waals surface area contributed by atoms with Crippen LogP contribution in [0.3, 0.4) is 0 Å². The van der Waals surface area contributed by atoms with Gasteiger partial charge in [0.15, 0.2) is 5.82 Å². The fourth-order valence-electron chi connectivity index (χ4n) is 5.69. The van der Waals surface area contributed by atoms with Crippen LogP contribution in [0.15, 0.2) is 70.5 Å². The lowest BCUT2D eigenvalue weighted by molar-refractivity contribution is 0.102. The molecule has 3 aromatic carbocycles. The van der Waals surface area contributed by atoms with Crippen LogP contribution in [0.5, 0.6) is 0 Å². The number of benzene rings is 3. The number of carbonyl (C=O) groups excluding carboxylic acids is 1. The van der Waals surface area contributed by atoms with Gasteiger partial charge >= 0.3 is 0 Å². The Labute approximate surface area is 250 Å². The highest BCUT2D eigenvalue weighted by atomic mass is 32.2. The number of anilines is 3. The second kappa shape index (κ2) is 12.3. The number of nitrogens with zero attached hydrogens (tertiary/aromatic N) is 3. The number of piperazine rings is 1. The van der Waals surface area contributed by atoms with Gasteiger partial charge in [-0.25, -0.2) is 12.8 Å². The Balaban J connectivity index is 1.28. The molecule has 0 bridgehead atoms. The van der Waals surface area contributed by atoms with Crippen molar-refractivity contribution < 1.29 is 17.6 Å². The first-order valence-electron chi connectivity index (χ1n) is 14.6. The maximum atomic E-state index is 13.8. The van der Waals surface area contributed by atoms with Crippen molar-refractivity contribution in [2.75, 3.05) is 68.4 Å². The van der Waals surface area contributed by atoms with Crippen LogP contribution in [0, 0.1) is 11.7 Å². The van der Waals surface area contributed by atoms with Gasteiger partial charge in [0.2, 0.25) is 9.84 Å². The number of H-pyrrole nitrogens is 1. The van der Waals surface area contributed by atoms with E-state index in [2.05, 4.69) is 43.0 Å². The third kappa shape index (κ3) is 6.36. The Morgan fingerprint density at radius 3 is 2.63 bits per heavy atom. The predicted octanol–water partition coefficient (Wildman–Crippen LogP) is 3.95. The van der Waals surface area contributed by atoms with Gasteiger partial charge in [-0.1, -0.05) is 6.07 Å². The number of amides is 1. The highest BCUT2D eigenvalue weighted by Gasteiger charge is 2.23. The molecule has 43 heavy (non-hydrogen) atoms. The van der Waals surface area contributed by atoms with Crippen LogP contribution in [0.1, 0.15) is 23.2 Å². The van der Waals surface area contributed by atoms with E-state index in [0.29, 0.717) is 22.4 Å². The Hall–Kier alpha value is -4.00. The summed E-state index contributed by atoms with van der Waals surface area (Å²) < 4.78 is 40.2. The largest absolute Gasteiger partial charge is 0.384 e. The number of halogens is 1.